The van der Waals surface area contributed by atoms with Gasteiger partial charge in [-0.2, -0.15) is 0 Å². The first-order valence-electron chi connectivity index (χ1n) is 7.54. The number of thiophene rings is 1. The van der Waals surface area contributed by atoms with Crippen LogP contribution in [-0.2, 0) is 19.3 Å². The van der Waals surface area contributed by atoms with Crippen molar-refractivity contribution < 1.29 is 9.53 Å². The number of ether oxygens (including phenoxy) is 1. The Kier molecular flexibility index (Phi) is 4.39. The number of hydrogen-bond acceptors (Lipinski definition) is 3. The first-order valence-corrected chi connectivity index (χ1v) is 8.35. The largest absolute Gasteiger partial charge is 0.497 e. The maximum atomic E-state index is 12.5. The van der Waals surface area contributed by atoms with Crippen LogP contribution in [0.4, 0.5) is 0 Å². The second-order valence-electron chi connectivity index (χ2n) is 5.57. The number of Topliss-reactive ketones (excluding diaryl/α,β-unsaturated/α-hetero) is 1. The van der Waals surface area contributed by atoms with Gasteiger partial charge in [0.25, 0.3) is 0 Å². The molecule has 0 fully saturated rings. The minimum atomic E-state index is 0.223. The van der Waals surface area contributed by atoms with Crippen LogP contribution in [0.1, 0.15) is 44.9 Å². The Hall–Kier alpha value is -1.61. The predicted octanol–water partition coefficient (Wildman–Crippen LogP) is 4.45. The van der Waals surface area contributed by atoms with Gasteiger partial charge < -0.3 is 4.74 Å². The van der Waals surface area contributed by atoms with Gasteiger partial charge in [0.2, 0.25) is 0 Å². The summed E-state index contributed by atoms with van der Waals surface area (Å²) in [5.74, 6) is 1.03. The van der Waals surface area contributed by atoms with E-state index < -0.39 is 0 Å². The first-order chi connectivity index (χ1) is 10.3. The van der Waals surface area contributed by atoms with E-state index >= 15 is 0 Å². The number of hydrogen-bond donors (Lipinski definition) is 0. The average molecular weight is 300 g/mol. The number of rotatable bonds is 4. The SMILES string of the molecule is COc1cccc(CC(=O)c2cc3c(s2)CCCCC3)c1. The van der Waals surface area contributed by atoms with E-state index in [4.69, 9.17) is 4.74 Å². The molecule has 2 nitrogen and oxygen atoms in total. The summed E-state index contributed by atoms with van der Waals surface area (Å²) in [6.07, 6.45) is 6.57. The molecule has 0 bridgehead atoms. The Morgan fingerprint density at radius 2 is 2.05 bits per heavy atom. The summed E-state index contributed by atoms with van der Waals surface area (Å²) in [5, 5.41) is 0. The van der Waals surface area contributed by atoms with Gasteiger partial charge in [-0.05, 0) is 55.0 Å². The van der Waals surface area contributed by atoms with Crippen molar-refractivity contribution >= 4 is 17.1 Å². The molecule has 0 unspecified atom stereocenters. The van der Waals surface area contributed by atoms with Crippen molar-refractivity contribution in [2.75, 3.05) is 7.11 Å². The van der Waals surface area contributed by atoms with E-state index in [2.05, 4.69) is 6.07 Å². The van der Waals surface area contributed by atoms with Crippen LogP contribution in [0.25, 0.3) is 0 Å². The maximum absolute atomic E-state index is 12.5. The lowest BCUT2D eigenvalue weighted by Gasteiger charge is -2.03. The molecule has 0 saturated heterocycles. The highest BCUT2D eigenvalue weighted by atomic mass is 32.1. The molecule has 1 aromatic heterocycles. The lowest BCUT2D eigenvalue weighted by molar-refractivity contribution is 0.0996. The van der Waals surface area contributed by atoms with Crippen molar-refractivity contribution in [3.05, 3.63) is 51.2 Å². The molecule has 0 aliphatic heterocycles. The normalized spacial score (nSPS) is 14.3. The van der Waals surface area contributed by atoms with Gasteiger partial charge in [0, 0.05) is 11.3 Å². The summed E-state index contributed by atoms with van der Waals surface area (Å²) in [4.78, 5) is 14.8. The molecule has 110 valence electrons. The number of ketones is 1. The molecule has 1 heterocycles. The number of aryl methyl sites for hydroxylation is 2. The number of carbonyl (C=O) groups excluding carboxylic acids is 1. The molecule has 1 aromatic carbocycles. The lowest BCUT2D eigenvalue weighted by Crippen LogP contribution is -2.01. The number of benzene rings is 1. The first kappa shape index (κ1) is 14.3. The van der Waals surface area contributed by atoms with Gasteiger partial charge in [0.15, 0.2) is 5.78 Å². The summed E-state index contributed by atoms with van der Waals surface area (Å²) < 4.78 is 5.21. The molecule has 0 atom stereocenters. The molecule has 21 heavy (non-hydrogen) atoms. The van der Waals surface area contributed by atoms with Crippen LogP contribution >= 0.6 is 11.3 Å². The molecule has 0 spiro atoms. The van der Waals surface area contributed by atoms with Crippen LogP contribution in [-0.4, -0.2) is 12.9 Å². The van der Waals surface area contributed by atoms with Crippen LogP contribution < -0.4 is 4.74 Å². The van der Waals surface area contributed by atoms with Crippen LogP contribution in [0, 0.1) is 0 Å². The van der Waals surface area contributed by atoms with E-state index in [1.54, 1.807) is 18.4 Å². The van der Waals surface area contributed by atoms with Gasteiger partial charge in [-0.1, -0.05) is 18.6 Å². The molecule has 0 N–H and O–H groups in total. The lowest BCUT2D eigenvalue weighted by atomic mass is 10.1. The van der Waals surface area contributed by atoms with Gasteiger partial charge >= 0.3 is 0 Å². The van der Waals surface area contributed by atoms with E-state index in [0.29, 0.717) is 6.42 Å². The quantitative estimate of drug-likeness (QED) is 0.616. The van der Waals surface area contributed by atoms with Gasteiger partial charge in [0.05, 0.1) is 12.0 Å². The molecular weight excluding hydrogens is 280 g/mol. The summed E-state index contributed by atoms with van der Waals surface area (Å²) in [5.41, 5.74) is 2.43. The molecule has 3 heteroatoms. The zero-order chi connectivity index (χ0) is 14.7. The Morgan fingerprint density at radius 3 is 2.90 bits per heavy atom. The molecule has 1 aliphatic rings. The topological polar surface area (TPSA) is 26.3 Å². The van der Waals surface area contributed by atoms with Gasteiger partial charge in [-0.15, -0.1) is 11.3 Å². The predicted molar refractivity (Wildman–Crippen MR) is 86.6 cm³/mol. The van der Waals surface area contributed by atoms with E-state index in [1.165, 1.54) is 29.7 Å². The van der Waals surface area contributed by atoms with E-state index in [-0.39, 0.29) is 5.78 Å². The molecule has 2 aromatic rings. The van der Waals surface area contributed by atoms with Crippen molar-refractivity contribution in [2.45, 2.75) is 38.5 Å². The van der Waals surface area contributed by atoms with E-state index in [9.17, 15) is 4.79 Å². The molecule has 0 radical (unpaired) electrons. The fourth-order valence-electron chi connectivity index (χ4n) is 2.86. The Balaban J connectivity index is 1.76. The van der Waals surface area contributed by atoms with Gasteiger partial charge in [-0.25, -0.2) is 0 Å². The van der Waals surface area contributed by atoms with Crippen LogP contribution in [0.15, 0.2) is 30.3 Å². The van der Waals surface area contributed by atoms with Crippen molar-refractivity contribution in [3.63, 3.8) is 0 Å². The minimum Gasteiger partial charge on any atom is -0.497 e. The van der Waals surface area contributed by atoms with Crippen molar-refractivity contribution in [1.29, 1.82) is 0 Å². The Bertz CT molecular complexity index is 619. The molecule has 1 aliphatic carbocycles. The van der Waals surface area contributed by atoms with Crippen LogP contribution in [0.2, 0.25) is 0 Å². The highest BCUT2D eigenvalue weighted by Gasteiger charge is 2.16. The summed E-state index contributed by atoms with van der Waals surface area (Å²) in [6.45, 7) is 0. The Labute approximate surface area is 129 Å². The third-order valence-electron chi connectivity index (χ3n) is 4.02. The van der Waals surface area contributed by atoms with Crippen molar-refractivity contribution in [2.24, 2.45) is 0 Å². The summed E-state index contributed by atoms with van der Waals surface area (Å²) >= 11 is 1.71. The monoisotopic (exact) mass is 300 g/mol. The summed E-state index contributed by atoms with van der Waals surface area (Å²) in [6, 6.07) is 9.90. The molecular formula is C18H20O2S. The maximum Gasteiger partial charge on any atom is 0.177 e. The smallest absolute Gasteiger partial charge is 0.177 e. The average Bonchev–Trinajstić information content (AvgIpc) is 2.79. The van der Waals surface area contributed by atoms with Gasteiger partial charge in [-0.3, -0.25) is 4.79 Å². The number of methoxy groups -OCH3 is 1. The highest BCUT2D eigenvalue weighted by Crippen LogP contribution is 2.29. The molecule has 3 rings (SSSR count). The van der Waals surface area contributed by atoms with Crippen LogP contribution in [0.3, 0.4) is 0 Å². The van der Waals surface area contributed by atoms with E-state index in [1.807, 2.05) is 24.3 Å². The van der Waals surface area contributed by atoms with Gasteiger partial charge in [0.1, 0.15) is 5.75 Å². The minimum absolute atomic E-state index is 0.223. The van der Waals surface area contributed by atoms with Crippen LogP contribution in [0.5, 0.6) is 5.75 Å². The second kappa shape index (κ2) is 6.44. The number of carbonyl (C=O) groups is 1. The highest BCUT2D eigenvalue weighted by molar-refractivity contribution is 7.14. The fraction of sp³-hybridized carbons (Fsp3) is 0.389. The molecule has 0 amide bonds. The number of fused-ring (bicyclic) bond motifs is 1. The van der Waals surface area contributed by atoms with Crippen molar-refractivity contribution in [3.8, 4) is 5.75 Å². The third kappa shape index (κ3) is 3.35. The van der Waals surface area contributed by atoms with E-state index in [0.717, 1.165) is 29.0 Å². The summed E-state index contributed by atoms with van der Waals surface area (Å²) in [7, 11) is 1.65. The standard InChI is InChI=1S/C18H20O2S/c1-20-15-8-5-6-13(10-15)11-16(19)18-12-14-7-3-2-4-9-17(14)21-18/h5-6,8,10,12H,2-4,7,9,11H2,1H3. The zero-order valence-corrected chi connectivity index (χ0v) is 13.2. The fourth-order valence-corrected chi connectivity index (χ4v) is 4.05. The third-order valence-corrected chi connectivity index (χ3v) is 5.30. The molecule has 0 saturated carbocycles. The Morgan fingerprint density at radius 1 is 1.19 bits per heavy atom. The second-order valence-corrected chi connectivity index (χ2v) is 6.71. The van der Waals surface area contributed by atoms with Crippen molar-refractivity contribution in [1.82, 2.24) is 0 Å². The zero-order valence-electron chi connectivity index (χ0n) is 12.4.